The van der Waals surface area contributed by atoms with E-state index in [1.54, 1.807) is 30.3 Å². The van der Waals surface area contributed by atoms with Crippen molar-refractivity contribution in [1.82, 2.24) is 15.6 Å². The van der Waals surface area contributed by atoms with Crippen LogP contribution in [0.4, 0.5) is 5.69 Å². The quantitative estimate of drug-likeness (QED) is 0.0421. The maximum Gasteiger partial charge on any atom is 0.173 e. The van der Waals surface area contributed by atoms with E-state index >= 15 is 4.79 Å². The summed E-state index contributed by atoms with van der Waals surface area (Å²) >= 11 is 0. The lowest BCUT2D eigenvalue weighted by molar-refractivity contribution is -0.142. The number of hydrogen-bond donors (Lipinski definition) is 13. The number of anilines is 1. The van der Waals surface area contributed by atoms with Gasteiger partial charge in [-0.05, 0) is 185 Å². The molecule has 6 aromatic rings. The summed E-state index contributed by atoms with van der Waals surface area (Å²) < 4.78 is 5.67. The first-order valence-corrected chi connectivity index (χ1v) is 33.4. The van der Waals surface area contributed by atoms with E-state index in [0.717, 1.165) is 38.9 Å². The zero-order valence-electron chi connectivity index (χ0n) is 53.1. The molecular weight excluding hydrogens is 1170 g/mol. The van der Waals surface area contributed by atoms with Gasteiger partial charge in [0.15, 0.2) is 35.5 Å². The fraction of sp³-hybridized carbons (Fsp3) is 0.455. The van der Waals surface area contributed by atoms with Crippen LogP contribution in [0.2, 0.25) is 0 Å². The van der Waals surface area contributed by atoms with Gasteiger partial charge in [-0.15, -0.1) is 0 Å². The first kappa shape index (κ1) is 65.2. The fourth-order valence-electron chi connectivity index (χ4n) is 16.6. The smallest absolute Gasteiger partial charge is 0.173 e. The normalized spacial score (nSPS) is 30.1. The molecule has 5 aromatic carbocycles. The zero-order valence-corrected chi connectivity index (χ0v) is 53.1. The molecule has 12 rings (SSSR count). The van der Waals surface area contributed by atoms with Gasteiger partial charge < -0.3 is 71.6 Å². The molecule has 2 fully saturated rings. The fourth-order valence-corrected chi connectivity index (χ4v) is 16.6. The van der Waals surface area contributed by atoms with E-state index < -0.39 is 101 Å². The number of allylic oxidation sites excluding steroid dienone is 1. The molecule has 0 unspecified atom stereocenters. The number of aliphatic hydroxyl groups is 6. The molecule has 3 heterocycles. The number of ketones is 2. The van der Waals surface area contributed by atoms with Gasteiger partial charge in [0.05, 0.1) is 25.2 Å². The van der Waals surface area contributed by atoms with Gasteiger partial charge in [-0.25, -0.2) is 0 Å². The first-order valence-electron chi connectivity index (χ1n) is 33.4. The van der Waals surface area contributed by atoms with Gasteiger partial charge in [0.2, 0.25) is 0 Å². The molecule has 0 radical (unpaired) electrons. The van der Waals surface area contributed by atoms with Crippen molar-refractivity contribution in [2.75, 3.05) is 32.1 Å². The number of methoxy groups -OCH3 is 1. The number of aryl methyl sites for hydroxylation is 1. The second-order valence-corrected chi connectivity index (χ2v) is 27.3. The van der Waals surface area contributed by atoms with Gasteiger partial charge in [-0.1, -0.05) is 105 Å². The van der Waals surface area contributed by atoms with E-state index in [9.17, 15) is 50.8 Å². The van der Waals surface area contributed by atoms with Crippen LogP contribution < -0.4 is 20.7 Å². The predicted octanol–water partition coefficient (Wildman–Crippen LogP) is 8.91. The standard InChI is InChI=1S/C77H88N4O12/c1-4-8-59-51-29-52-28-46-16-20-61(63-38-70(87)71(93-3)34-47(63)18-22-68(85)76(90)75(89)64(46)32-51)60-12-6-5-11-58(60)50-27-45(62(66(33-50)77(91)92)26-43-9-7-10-56(82)25-43)17-21-67(84)73(52)48-23-24-79-72(35-48)81-54-19-15-44-13-14-49(74(88)65(44)36-54)31-57(83)41-78-39-42(2)53-30-55(80-40-53)37-69(59)86/h5-7,9-15,19,23,25,30,34-36,38,40,42,45-46,50-52,57,59,61-62,64,66-67,69,73,76-84,86-88,90-92H,4,8,18,22,24,26-29,31-33,37,39,41H2,1-3H3/t42-,45+,46+,50+,51+,52-,57-,59+,61-,62+,64-,66-,67+,69-,73-,76+/m1/s1. The molecule has 16 heteroatoms. The molecule has 93 heavy (non-hydrogen) atoms. The molecule has 16 nitrogen and oxygen atoms in total. The number of aromatic hydroxyl groups is 3. The Balaban J connectivity index is 1.09. The van der Waals surface area contributed by atoms with Crippen LogP contribution in [0.15, 0.2) is 127 Å². The minimum absolute atomic E-state index is 0.0158. The number of nitrogens with one attached hydrogen (secondary N) is 4. The van der Waals surface area contributed by atoms with E-state index in [0.29, 0.717) is 85.2 Å². The number of hydrogen-bond acceptors (Lipinski definition) is 15. The van der Waals surface area contributed by atoms with Crippen LogP contribution in [0.5, 0.6) is 23.0 Å². The number of dihydropyridines is 1. The molecule has 13 N–H and O–H groups in total. The minimum Gasteiger partial charge on any atom is -0.508 e. The summed E-state index contributed by atoms with van der Waals surface area (Å²) in [4.78, 5) is 33.7. The molecule has 2 aliphatic heterocycles. The summed E-state index contributed by atoms with van der Waals surface area (Å²) in [6.07, 6.45) is 2.47. The number of benzene rings is 5. The second-order valence-electron chi connectivity index (χ2n) is 27.3. The highest BCUT2D eigenvalue weighted by molar-refractivity contribution is 6.06. The highest BCUT2D eigenvalue weighted by atomic mass is 16.5. The maximum absolute atomic E-state index is 15.6. The number of aromatic nitrogens is 1. The summed E-state index contributed by atoms with van der Waals surface area (Å²) in [5, 5.41) is 119. The Hall–Kier alpha value is -7.90. The number of carbonyl (C=O) groups excluding carboxylic acids is 2. The average Bonchev–Trinajstić information content (AvgIpc) is 1.59. The van der Waals surface area contributed by atoms with Gasteiger partial charge in [-0.2, -0.15) is 0 Å². The molecule has 6 aliphatic rings. The third-order valence-corrected chi connectivity index (χ3v) is 21.3. The Morgan fingerprint density at radius 3 is 2.34 bits per heavy atom. The number of β-amino-alcohol motifs (C(OH)–C–C–N with tert-alkyl or cyclic N) is 1. The highest BCUT2D eigenvalue weighted by Gasteiger charge is 2.48. The van der Waals surface area contributed by atoms with Crippen LogP contribution in [-0.4, -0.2) is 120 Å². The van der Waals surface area contributed by atoms with Crippen LogP contribution in [0, 0.1) is 76.9 Å². The van der Waals surface area contributed by atoms with Crippen LogP contribution in [0.25, 0.3) is 10.8 Å². The largest absolute Gasteiger partial charge is 0.508 e. The monoisotopic (exact) mass is 1260 g/mol. The van der Waals surface area contributed by atoms with E-state index in [1.807, 2.05) is 79.0 Å². The molecule has 0 amide bonds. The van der Waals surface area contributed by atoms with Gasteiger partial charge >= 0.3 is 0 Å². The SMILES string of the molecule is CCC[C@H]1[C@H]2C[C@H]3C[C@@H]4C#C[C@@H](c5cc(O)c(OC)cc5CCC(=O)[C@H](O)C(=O)[C@@H]4C2)c2ccccc2[C@H]2C[C@H](C#C[C@H](O)[C@@H]3C3=CCNC(=C3)Nc3ccc4ccc(c(O)c4c3)C[C@@H](O)CNC[C@@H](C)c3c[nH]c(c3)C[C@H]1O)[C@H](Cc1cccc(O)c1)[C@H](C(O)O)C2. The van der Waals surface area contributed by atoms with Crippen molar-refractivity contribution < 1.29 is 60.3 Å². The van der Waals surface area contributed by atoms with Gasteiger partial charge in [-0.3, -0.25) is 9.59 Å². The lowest BCUT2D eigenvalue weighted by Crippen LogP contribution is -2.40. The number of phenols is 3. The molecule has 488 valence electrons. The summed E-state index contributed by atoms with van der Waals surface area (Å²) in [5.41, 5.74) is 7.47. The third-order valence-electron chi connectivity index (χ3n) is 21.3. The molecular formula is C77H88N4O12. The first-order chi connectivity index (χ1) is 44.9. The van der Waals surface area contributed by atoms with Crippen molar-refractivity contribution >= 4 is 28.0 Å². The molecule has 2 saturated carbocycles. The van der Waals surface area contributed by atoms with Crippen molar-refractivity contribution in [1.29, 1.82) is 0 Å². The van der Waals surface area contributed by atoms with Crippen LogP contribution in [0.3, 0.4) is 0 Å². The second kappa shape index (κ2) is 28.4. The Morgan fingerprint density at radius 1 is 0.742 bits per heavy atom. The molecule has 0 saturated heterocycles. The number of carbonyl (C=O) groups is 2. The van der Waals surface area contributed by atoms with Gasteiger partial charge in [0.25, 0.3) is 0 Å². The van der Waals surface area contributed by atoms with Crippen molar-refractivity contribution in [3.63, 3.8) is 0 Å². The lowest BCUT2D eigenvalue weighted by atomic mass is 9.63. The summed E-state index contributed by atoms with van der Waals surface area (Å²) in [6.45, 7) is 5.32. The van der Waals surface area contributed by atoms with Crippen LogP contribution in [-0.2, 0) is 35.3 Å². The summed E-state index contributed by atoms with van der Waals surface area (Å²) in [5.74, 6) is 7.04. The van der Waals surface area contributed by atoms with Crippen LogP contribution >= 0.6 is 0 Å². The van der Waals surface area contributed by atoms with Crippen molar-refractivity contribution in [2.45, 2.75) is 139 Å². The van der Waals surface area contributed by atoms with E-state index in [-0.39, 0.29) is 79.9 Å². The third kappa shape index (κ3) is 14.2. The average molecular weight is 1260 g/mol. The Labute approximate surface area is 544 Å². The van der Waals surface area contributed by atoms with Crippen LogP contribution in [0.1, 0.15) is 128 Å². The molecule has 13 bridgehead atoms. The Bertz CT molecular complexity index is 3920. The number of ether oxygens (including phenoxy) is 1. The lowest BCUT2D eigenvalue weighted by Gasteiger charge is -2.42. The molecule has 0 spiro atoms. The molecule has 4 aliphatic carbocycles. The summed E-state index contributed by atoms with van der Waals surface area (Å²) in [7, 11) is 1.44. The predicted molar refractivity (Wildman–Crippen MR) is 356 cm³/mol. The Kier molecular flexibility index (Phi) is 19.9. The van der Waals surface area contributed by atoms with E-state index in [2.05, 4.69) is 64.5 Å². The molecule has 16 atom stereocenters. The van der Waals surface area contributed by atoms with Crippen molar-refractivity contribution in [3.05, 3.63) is 171 Å². The summed E-state index contributed by atoms with van der Waals surface area (Å²) in [6, 6.07) is 29.7. The van der Waals surface area contributed by atoms with E-state index in [1.165, 1.54) is 7.11 Å². The number of aromatic amines is 1. The van der Waals surface area contributed by atoms with Crippen molar-refractivity contribution in [2.24, 2.45) is 53.3 Å². The van der Waals surface area contributed by atoms with Gasteiger partial charge in [0, 0.05) is 91.5 Å². The zero-order chi connectivity index (χ0) is 65.2. The van der Waals surface area contributed by atoms with E-state index in [4.69, 9.17) is 4.74 Å². The maximum atomic E-state index is 15.6. The highest BCUT2D eigenvalue weighted by Crippen LogP contribution is 2.51. The number of phenolic OH excluding ortho intramolecular Hbond substituents is 3. The number of Topliss-reactive ketones (excluding diaryl/α,β-unsaturated/α-hetero) is 2. The minimum atomic E-state index is -1.99. The number of aliphatic hydroxyl groups excluding tert-OH is 5. The molecule has 1 aromatic heterocycles. The number of H-pyrrole nitrogens is 1. The van der Waals surface area contributed by atoms with Gasteiger partial charge in [0.1, 0.15) is 23.4 Å². The topological polar surface area (TPSA) is 277 Å². The number of fused-ring (bicyclic) bond motifs is 15. The number of rotatable bonds is 6. The van der Waals surface area contributed by atoms with Crippen molar-refractivity contribution in [3.8, 4) is 46.7 Å². The Morgan fingerprint density at radius 2 is 1.55 bits per heavy atom.